The Morgan fingerprint density at radius 3 is 2.52 bits per heavy atom. The SMILES string of the molecule is N#Cc1ccccc1-c1ccc(COC(=O)c2nccnc2N)cc1. The first-order chi connectivity index (χ1) is 12.2. The maximum Gasteiger partial charge on any atom is 0.361 e. The number of esters is 1. The summed E-state index contributed by atoms with van der Waals surface area (Å²) in [7, 11) is 0. The normalized spacial score (nSPS) is 10.0. The minimum atomic E-state index is -0.621. The molecule has 6 heteroatoms. The first-order valence-corrected chi connectivity index (χ1v) is 7.51. The predicted molar refractivity (Wildman–Crippen MR) is 92.2 cm³/mol. The number of rotatable bonds is 4. The Morgan fingerprint density at radius 1 is 1.08 bits per heavy atom. The van der Waals surface area contributed by atoms with Crippen LogP contribution in [0.4, 0.5) is 5.82 Å². The molecule has 0 amide bonds. The molecule has 0 aliphatic carbocycles. The fraction of sp³-hybridized carbons (Fsp3) is 0.0526. The van der Waals surface area contributed by atoms with Crippen LogP contribution < -0.4 is 5.73 Å². The predicted octanol–water partition coefficient (Wildman–Crippen LogP) is 2.95. The molecule has 2 aromatic carbocycles. The number of anilines is 1. The summed E-state index contributed by atoms with van der Waals surface area (Å²) in [5.41, 5.74) is 8.81. The van der Waals surface area contributed by atoms with Gasteiger partial charge in [-0.1, -0.05) is 42.5 Å². The lowest BCUT2D eigenvalue weighted by molar-refractivity contribution is 0.0466. The van der Waals surface area contributed by atoms with Gasteiger partial charge in [0.15, 0.2) is 11.5 Å². The molecular formula is C19H14N4O2. The Kier molecular flexibility index (Phi) is 4.67. The third kappa shape index (κ3) is 3.62. The Labute approximate surface area is 144 Å². The lowest BCUT2D eigenvalue weighted by atomic mass is 9.99. The van der Waals surface area contributed by atoms with E-state index in [2.05, 4.69) is 16.0 Å². The van der Waals surface area contributed by atoms with E-state index < -0.39 is 5.97 Å². The molecule has 0 aliphatic rings. The Hall–Kier alpha value is -3.72. The highest BCUT2D eigenvalue weighted by molar-refractivity contribution is 5.91. The van der Waals surface area contributed by atoms with E-state index in [9.17, 15) is 10.1 Å². The quantitative estimate of drug-likeness (QED) is 0.738. The maximum atomic E-state index is 12.0. The number of nitrogen functional groups attached to an aromatic ring is 1. The van der Waals surface area contributed by atoms with E-state index in [-0.39, 0.29) is 18.1 Å². The van der Waals surface area contributed by atoms with Gasteiger partial charge in [0.2, 0.25) is 0 Å². The van der Waals surface area contributed by atoms with Gasteiger partial charge in [-0.15, -0.1) is 0 Å². The number of hydrogen-bond donors (Lipinski definition) is 1. The summed E-state index contributed by atoms with van der Waals surface area (Å²) in [6.07, 6.45) is 2.79. The molecule has 0 fully saturated rings. The van der Waals surface area contributed by atoms with Crippen LogP contribution in [0.5, 0.6) is 0 Å². The monoisotopic (exact) mass is 330 g/mol. The average Bonchev–Trinajstić information content (AvgIpc) is 2.67. The number of aromatic nitrogens is 2. The second kappa shape index (κ2) is 7.23. The van der Waals surface area contributed by atoms with Crippen LogP contribution in [0.1, 0.15) is 21.6 Å². The molecule has 0 saturated carbocycles. The summed E-state index contributed by atoms with van der Waals surface area (Å²) in [6.45, 7) is 0.0923. The highest BCUT2D eigenvalue weighted by Gasteiger charge is 2.13. The van der Waals surface area contributed by atoms with Crippen molar-refractivity contribution in [1.29, 1.82) is 5.26 Å². The van der Waals surface area contributed by atoms with Crippen LogP contribution in [0, 0.1) is 11.3 Å². The van der Waals surface area contributed by atoms with Gasteiger partial charge in [0.25, 0.3) is 0 Å². The van der Waals surface area contributed by atoms with Gasteiger partial charge in [0.1, 0.15) is 6.61 Å². The van der Waals surface area contributed by atoms with Gasteiger partial charge in [0, 0.05) is 12.4 Å². The van der Waals surface area contributed by atoms with Crippen molar-refractivity contribution >= 4 is 11.8 Å². The summed E-state index contributed by atoms with van der Waals surface area (Å²) >= 11 is 0. The topological polar surface area (TPSA) is 102 Å². The van der Waals surface area contributed by atoms with Gasteiger partial charge in [-0.25, -0.2) is 14.8 Å². The van der Waals surface area contributed by atoms with E-state index in [4.69, 9.17) is 10.5 Å². The molecule has 6 nitrogen and oxygen atoms in total. The van der Waals surface area contributed by atoms with E-state index in [1.54, 1.807) is 6.07 Å². The summed E-state index contributed by atoms with van der Waals surface area (Å²) in [6, 6.07) is 17.0. The van der Waals surface area contributed by atoms with Gasteiger partial charge >= 0.3 is 5.97 Å². The van der Waals surface area contributed by atoms with Gasteiger partial charge in [-0.2, -0.15) is 5.26 Å². The zero-order valence-corrected chi connectivity index (χ0v) is 13.2. The van der Waals surface area contributed by atoms with Crippen LogP contribution in [-0.2, 0) is 11.3 Å². The Morgan fingerprint density at radius 2 is 1.80 bits per heavy atom. The molecule has 0 atom stereocenters. The second-order valence-corrected chi connectivity index (χ2v) is 5.22. The molecule has 0 spiro atoms. The number of nitrogens with zero attached hydrogens (tertiary/aromatic N) is 3. The number of benzene rings is 2. The largest absolute Gasteiger partial charge is 0.456 e. The van der Waals surface area contributed by atoms with Gasteiger partial charge in [-0.3, -0.25) is 0 Å². The van der Waals surface area contributed by atoms with E-state index in [1.807, 2.05) is 42.5 Å². The molecule has 0 unspecified atom stereocenters. The van der Waals surface area contributed by atoms with Crippen molar-refractivity contribution < 1.29 is 9.53 Å². The molecule has 25 heavy (non-hydrogen) atoms. The van der Waals surface area contributed by atoms with E-state index in [0.29, 0.717) is 5.56 Å². The zero-order chi connectivity index (χ0) is 17.6. The number of carbonyl (C=O) groups excluding carboxylic acids is 1. The molecule has 0 bridgehead atoms. The molecule has 1 heterocycles. The molecular weight excluding hydrogens is 316 g/mol. The van der Waals surface area contributed by atoms with Crippen molar-refractivity contribution in [1.82, 2.24) is 9.97 Å². The zero-order valence-electron chi connectivity index (χ0n) is 13.2. The second-order valence-electron chi connectivity index (χ2n) is 5.22. The lowest BCUT2D eigenvalue weighted by Gasteiger charge is -2.07. The van der Waals surface area contributed by atoms with Crippen molar-refractivity contribution in [2.45, 2.75) is 6.61 Å². The third-order valence-electron chi connectivity index (χ3n) is 3.60. The molecule has 3 rings (SSSR count). The number of ether oxygens (including phenoxy) is 1. The Balaban J connectivity index is 1.70. The molecule has 122 valence electrons. The maximum absolute atomic E-state index is 12.0. The highest BCUT2D eigenvalue weighted by atomic mass is 16.5. The lowest BCUT2D eigenvalue weighted by Crippen LogP contribution is -2.11. The number of carbonyl (C=O) groups is 1. The van der Waals surface area contributed by atoms with Gasteiger partial charge in [0.05, 0.1) is 11.6 Å². The molecule has 3 aromatic rings. The summed E-state index contributed by atoms with van der Waals surface area (Å²) in [5, 5.41) is 9.18. The number of nitrogens with two attached hydrogens (primary N) is 1. The average molecular weight is 330 g/mol. The number of nitriles is 1. The van der Waals surface area contributed by atoms with Crippen LogP contribution in [0.3, 0.4) is 0 Å². The van der Waals surface area contributed by atoms with Crippen molar-refractivity contribution in [2.75, 3.05) is 5.73 Å². The van der Waals surface area contributed by atoms with Crippen molar-refractivity contribution in [2.24, 2.45) is 0 Å². The van der Waals surface area contributed by atoms with Crippen LogP contribution >= 0.6 is 0 Å². The van der Waals surface area contributed by atoms with Crippen molar-refractivity contribution in [3.05, 3.63) is 77.7 Å². The summed E-state index contributed by atoms with van der Waals surface area (Å²) < 4.78 is 5.21. The number of hydrogen-bond acceptors (Lipinski definition) is 6. The van der Waals surface area contributed by atoms with Crippen LogP contribution in [0.2, 0.25) is 0 Å². The molecule has 0 radical (unpaired) electrons. The highest BCUT2D eigenvalue weighted by Crippen LogP contribution is 2.23. The van der Waals surface area contributed by atoms with E-state index in [1.165, 1.54) is 12.4 Å². The van der Waals surface area contributed by atoms with Gasteiger partial charge < -0.3 is 10.5 Å². The molecule has 1 aromatic heterocycles. The minimum absolute atomic E-state index is 0.00191. The smallest absolute Gasteiger partial charge is 0.361 e. The molecule has 2 N–H and O–H groups in total. The molecule has 0 aliphatic heterocycles. The van der Waals surface area contributed by atoms with E-state index >= 15 is 0 Å². The van der Waals surface area contributed by atoms with Crippen LogP contribution in [0.15, 0.2) is 60.9 Å². The third-order valence-corrected chi connectivity index (χ3v) is 3.60. The fourth-order valence-corrected chi connectivity index (χ4v) is 2.34. The first-order valence-electron chi connectivity index (χ1n) is 7.51. The minimum Gasteiger partial charge on any atom is -0.456 e. The Bertz CT molecular complexity index is 946. The van der Waals surface area contributed by atoms with Crippen LogP contribution in [-0.4, -0.2) is 15.9 Å². The first kappa shape index (κ1) is 16.1. The summed E-state index contributed by atoms with van der Waals surface area (Å²) in [4.78, 5) is 19.6. The van der Waals surface area contributed by atoms with Gasteiger partial charge in [-0.05, 0) is 22.8 Å². The standard InChI is InChI=1S/C19H14N4O2/c20-11-15-3-1-2-4-16(15)14-7-5-13(6-8-14)12-25-19(24)17-18(21)23-10-9-22-17/h1-10H,12H2,(H2,21,23). The van der Waals surface area contributed by atoms with Crippen LogP contribution in [0.25, 0.3) is 11.1 Å². The van der Waals surface area contributed by atoms with E-state index in [0.717, 1.165) is 16.7 Å². The van der Waals surface area contributed by atoms with Crippen molar-refractivity contribution in [3.63, 3.8) is 0 Å². The summed E-state index contributed by atoms with van der Waals surface area (Å²) in [5.74, 6) is -0.583. The van der Waals surface area contributed by atoms with Crippen molar-refractivity contribution in [3.8, 4) is 17.2 Å². The fourth-order valence-electron chi connectivity index (χ4n) is 2.34. The molecule has 0 saturated heterocycles.